The van der Waals surface area contributed by atoms with E-state index in [4.69, 9.17) is 9.47 Å². The molecule has 1 aromatic rings. The maximum atomic E-state index is 6.06. The van der Waals surface area contributed by atoms with Gasteiger partial charge in [0.1, 0.15) is 11.9 Å². The summed E-state index contributed by atoms with van der Waals surface area (Å²) in [5.41, 5.74) is 1.26. The summed E-state index contributed by atoms with van der Waals surface area (Å²) in [6.45, 7) is 2.91. The molecule has 0 spiro atoms. The Hall–Kier alpha value is -1.06. The molecule has 1 N–H and O–H groups in total. The molecule has 94 valence electrons. The van der Waals surface area contributed by atoms with Crippen molar-refractivity contribution >= 4 is 0 Å². The molecule has 1 heterocycles. The lowest BCUT2D eigenvalue weighted by Crippen LogP contribution is -2.36. The van der Waals surface area contributed by atoms with Crippen LogP contribution in [0.15, 0.2) is 24.3 Å². The molecule has 1 aliphatic heterocycles. The number of methoxy groups -OCH3 is 1. The van der Waals surface area contributed by atoms with E-state index in [1.807, 2.05) is 19.2 Å². The molecule has 1 aromatic carbocycles. The minimum Gasteiger partial charge on any atom is -0.490 e. The Morgan fingerprint density at radius 1 is 1.47 bits per heavy atom. The Bertz CT molecular complexity index is 367. The summed E-state index contributed by atoms with van der Waals surface area (Å²) >= 11 is 0. The van der Waals surface area contributed by atoms with E-state index in [2.05, 4.69) is 24.4 Å². The average molecular weight is 235 g/mol. The number of ether oxygens (including phenoxy) is 2. The van der Waals surface area contributed by atoms with Crippen LogP contribution in [0.4, 0.5) is 0 Å². The maximum Gasteiger partial charge on any atom is 0.124 e. The molecule has 2 rings (SSSR count). The van der Waals surface area contributed by atoms with Gasteiger partial charge in [0, 0.05) is 31.1 Å². The molecule has 0 saturated heterocycles. The molecule has 0 fully saturated rings. The highest BCUT2D eigenvalue weighted by molar-refractivity contribution is 5.37. The monoisotopic (exact) mass is 235 g/mol. The predicted octanol–water partition coefficient (Wildman–Crippen LogP) is 2.38. The molecule has 0 saturated carbocycles. The van der Waals surface area contributed by atoms with Crippen LogP contribution < -0.4 is 10.1 Å². The van der Waals surface area contributed by atoms with Crippen LogP contribution in [-0.4, -0.2) is 26.9 Å². The second-order valence-corrected chi connectivity index (χ2v) is 4.70. The van der Waals surface area contributed by atoms with E-state index < -0.39 is 0 Å². The fraction of sp³-hybridized carbons (Fsp3) is 0.571. The Morgan fingerprint density at radius 2 is 2.24 bits per heavy atom. The van der Waals surface area contributed by atoms with E-state index in [0.29, 0.717) is 12.0 Å². The van der Waals surface area contributed by atoms with Crippen molar-refractivity contribution in [2.75, 3.05) is 20.8 Å². The minimum absolute atomic E-state index is 0.224. The van der Waals surface area contributed by atoms with Crippen LogP contribution in [0.3, 0.4) is 0 Å². The van der Waals surface area contributed by atoms with Crippen molar-refractivity contribution in [3.05, 3.63) is 29.8 Å². The van der Waals surface area contributed by atoms with E-state index in [9.17, 15) is 0 Å². The first-order valence-corrected chi connectivity index (χ1v) is 6.18. The molecular weight excluding hydrogens is 214 g/mol. The summed E-state index contributed by atoms with van der Waals surface area (Å²) < 4.78 is 11.3. The SMILES string of the molecule is CNC1CC(C(C)COC)Oc2ccccc21. The molecular formula is C14H21NO2. The highest BCUT2D eigenvalue weighted by atomic mass is 16.5. The maximum absolute atomic E-state index is 6.06. The average Bonchev–Trinajstić information content (AvgIpc) is 2.37. The molecule has 0 bridgehead atoms. The molecule has 3 atom stereocenters. The van der Waals surface area contributed by atoms with Crippen molar-refractivity contribution in [1.82, 2.24) is 5.32 Å². The van der Waals surface area contributed by atoms with Crippen LogP contribution in [0.5, 0.6) is 5.75 Å². The van der Waals surface area contributed by atoms with Gasteiger partial charge in [-0.2, -0.15) is 0 Å². The quantitative estimate of drug-likeness (QED) is 0.869. The van der Waals surface area contributed by atoms with Crippen LogP contribution in [-0.2, 0) is 4.74 Å². The number of nitrogens with one attached hydrogen (secondary N) is 1. The molecule has 3 heteroatoms. The van der Waals surface area contributed by atoms with E-state index >= 15 is 0 Å². The number of fused-ring (bicyclic) bond motifs is 1. The van der Waals surface area contributed by atoms with Gasteiger partial charge in [-0.25, -0.2) is 0 Å². The van der Waals surface area contributed by atoms with Gasteiger partial charge in [-0.1, -0.05) is 25.1 Å². The van der Waals surface area contributed by atoms with Gasteiger partial charge < -0.3 is 14.8 Å². The third-order valence-electron chi connectivity index (χ3n) is 3.45. The van der Waals surface area contributed by atoms with Crippen molar-refractivity contribution in [2.45, 2.75) is 25.5 Å². The van der Waals surface area contributed by atoms with Gasteiger partial charge in [-0.05, 0) is 13.1 Å². The van der Waals surface area contributed by atoms with Gasteiger partial charge in [-0.3, -0.25) is 0 Å². The Labute approximate surface area is 103 Å². The zero-order chi connectivity index (χ0) is 12.3. The van der Waals surface area contributed by atoms with E-state index in [1.165, 1.54) is 5.56 Å². The van der Waals surface area contributed by atoms with Crippen LogP contribution in [0.1, 0.15) is 24.9 Å². The first kappa shape index (κ1) is 12.4. The Morgan fingerprint density at radius 3 is 2.94 bits per heavy atom. The smallest absolute Gasteiger partial charge is 0.124 e. The van der Waals surface area contributed by atoms with Crippen LogP contribution in [0.25, 0.3) is 0 Å². The van der Waals surface area contributed by atoms with Gasteiger partial charge in [-0.15, -0.1) is 0 Å². The molecule has 3 nitrogen and oxygen atoms in total. The fourth-order valence-electron chi connectivity index (χ4n) is 2.44. The summed E-state index contributed by atoms with van der Waals surface area (Å²) in [6, 6.07) is 8.64. The lowest BCUT2D eigenvalue weighted by molar-refractivity contribution is 0.0509. The summed E-state index contributed by atoms with van der Waals surface area (Å²) in [5, 5.41) is 3.37. The second kappa shape index (κ2) is 5.52. The standard InChI is InChI=1S/C14H21NO2/c1-10(9-16-3)14-8-12(15-2)11-6-4-5-7-13(11)17-14/h4-7,10,12,14-15H,8-9H2,1-3H3. The number of benzene rings is 1. The van der Waals surface area contributed by atoms with E-state index in [0.717, 1.165) is 18.8 Å². The Kier molecular flexibility index (Phi) is 4.02. The summed E-state index contributed by atoms with van der Waals surface area (Å²) in [4.78, 5) is 0. The lowest BCUT2D eigenvalue weighted by Gasteiger charge is -2.35. The van der Waals surface area contributed by atoms with Gasteiger partial charge in [0.2, 0.25) is 0 Å². The van der Waals surface area contributed by atoms with Crippen molar-refractivity contribution in [1.29, 1.82) is 0 Å². The van der Waals surface area contributed by atoms with Crippen molar-refractivity contribution in [3.8, 4) is 5.75 Å². The molecule has 0 amide bonds. The van der Waals surface area contributed by atoms with Gasteiger partial charge in [0.05, 0.1) is 6.61 Å². The van der Waals surface area contributed by atoms with Crippen LogP contribution in [0, 0.1) is 5.92 Å². The van der Waals surface area contributed by atoms with Gasteiger partial charge in [0.15, 0.2) is 0 Å². The molecule has 3 unspecified atom stereocenters. The first-order chi connectivity index (χ1) is 8.26. The van der Waals surface area contributed by atoms with Gasteiger partial charge >= 0.3 is 0 Å². The molecule has 17 heavy (non-hydrogen) atoms. The van der Waals surface area contributed by atoms with Crippen molar-refractivity contribution in [2.24, 2.45) is 5.92 Å². The van der Waals surface area contributed by atoms with Crippen LogP contribution >= 0.6 is 0 Å². The van der Waals surface area contributed by atoms with Crippen molar-refractivity contribution in [3.63, 3.8) is 0 Å². The highest BCUT2D eigenvalue weighted by Crippen LogP contribution is 2.36. The largest absolute Gasteiger partial charge is 0.490 e. The fourth-order valence-corrected chi connectivity index (χ4v) is 2.44. The molecule has 0 aliphatic carbocycles. The van der Waals surface area contributed by atoms with Crippen LogP contribution in [0.2, 0.25) is 0 Å². The zero-order valence-electron chi connectivity index (χ0n) is 10.8. The van der Waals surface area contributed by atoms with E-state index in [-0.39, 0.29) is 6.10 Å². The van der Waals surface area contributed by atoms with Gasteiger partial charge in [0.25, 0.3) is 0 Å². The molecule has 0 radical (unpaired) electrons. The second-order valence-electron chi connectivity index (χ2n) is 4.70. The minimum atomic E-state index is 0.224. The number of rotatable bonds is 4. The number of para-hydroxylation sites is 1. The third-order valence-corrected chi connectivity index (χ3v) is 3.45. The lowest BCUT2D eigenvalue weighted by atomic mass is 9.91. The molecule has 0 aromatic heterocycles. The number of hydrogen-bond donors (Lipinski definition) is 1. The normalized spacial score (nSPS) is 24.9. The van der Waals surface area contributed by atoms with Crippen molar-refractivity contribution < 1.29 is 9.47 Å². The Balaban J connectivity index is 2.18. The third kappa shape index (κ3) is 2.61. The highest BCUT2D eigenvalue weighted by Gasteiger charge is 2.30. The molecule has 1 aliphatic rings. The summed E-state index contributed by atoms with van der Waals surface area (Å²) in [5.74, 6) is 1.41. The topological polar surface area (TPSA) is 30.5 Å². The zero-order valence-corrected chi connectivity index (χ0v) is 10.8. The summed E-state index contributed by atoms with van der Waals surface area (Å²) in [7, 11) is 3.74. The van der Waals surface area contributed by atoms with E-state index in [1.54, 1.807) is 7.11 Å². The first-order valence-electron chi connectivity index (χ1n) is 6.18. The summed E-state index contributed by atoms with van der Waals surface area (Å²) in [6.07, 6.45) is 1.22. The number of hydrogen-bond acceptors (Lipinski definition) is 3. The predicted molar refractivity (Wildman–Crippen MR) is 68.3 cm³/mol.